The molecule has 1 aliphatic rings. The maximum absolute atomic E-state index is 11.6. The van der Waals surface area contributed by atoms with E-state index in [4.69, 9.17) is 4.74 Å². The molecular weight excluding hydrogens is 288 g/mol. The van der Waals surface area contributed by atoms with Crippen LogP contribution in [-0.2, 0) is 6.54 Å². The number of Topliss-reactive ketones (excluding diaryl/α,β-unsaturated/α-hetero) is 1. The van der Waals surface area contributed by atoms with Crippen molar-refractivity contribution >= 4 is 18.2 Å². The summed E-state index contributed by atoms with van der Waals surface area (Å²) in [5.74, 6) is 0.992. The summed E-state index contributed by atoms with van der Waals surface area (Å²) in [6.45, 7) is 10.3. The van der Waals surface area contributed by atoms with Crippen LogP contribution in [0.1, 0.15) is 36.7 Å². The second-order valence-electron chi connectivity index (χ2n) is 5.34. The summed E-state index contributed by atoms with van der Waals surface area (Å²) in [4.78, 5) is 14.0. The van der Waals surface area contributed by atoms with Gasteiger partial charge in [-0.3, -0.25) is 9.69 Å². The van der Waals surface area contributed by atoms with Crippen LogP contribution >= 0.6 is 12.4 Å². The molecule has 1 N–H and O–H groups in total. The molecule has 0 saturated carbocycles. The van der Waals surface area contributed by atoms with Gasteiger partial charge in [0.2, 0.25) is 0 Å². The van der Waals surface area contributed by atoms with Gasteiger partial charge in [-0.05, 0) is 39.0 Å². The van der Waals surface area contributed by atoms with Crippen molar-refractivity contribution in [3.05, 3.63) is 29.3 Å². The third-order valence-electron chi connectivity index (χ3n) is 3.78. The largest absolute Gasteiger partial charge is 0.494 e. The van der Waals surface area contributed by atoms with Crippen LogP contribution in [0.5, 0.6) is 5.75 Å². The highest BCUT2D eigenvalue weighted by Gasteiger charge is 2.19. The van der Waals surface area contributed by atoms with Crippen molar-refractivity contribution in [1.82, 2.24) is 10.2 Å². The monoisotopic (exact) mass is 312 g/mol. The normalized spacial score (nSPS) is 18.9. The van der Waals surface area contributed by atoms with Crippen molar-refractivity contribution in [3.8, 4) is 5.75 Å². The molecule has 1 saturated heterocycles. The highest BCUT2D eigenvalue weighted by Crippen LogP contribution is 2.23. The number of benzene rings is 1. The van der Waals surface area contributed by atoms with Gasteiger partial charge < -0.3 is 10.1 Å². The number of piperazine rings is 1. The van der Waals surface area contributed by atoms with E-state index in [0.29, 0.717) is 12.6 Å². The second-order valence-corrected chi connectivity index (χ2v) is 5.34. The molecule has 0 amide bonds. The fourth-order valence-electron chi connectivity index (χ4n) is 2.56. The molecule has 1 atom stereocenters. The molecule has 5 heteroatoms. The van der Waals surface area contributed by atoms with Crippen LogP contribution in [0, 0.1) is 0 Å². The Balaban J connectivity index is 0.00000220. The molecule has 1 aromatic rings. The quantitative estimate of drug-likeness (QED) is 0.848. The lowest BCUT2D eigenvalue weighted by molar-refractivity contribution is 0.101. The van der Waals surface area contributed by atoms with Crippen LogP contribution in [-0.4, -0.2) is 43.0 Å². The smallest absolute Gasteiger partial charge is 0.159 e. The van der Waals surface area contributed by atoms with E-state index in [1.165, 1.54) is 0 Å². The van der Waals surface area contributed by atoms with Gasteiger partial charge in [0.25, 0.3) is 0 Å². The lowest BCUT2D eigenvalue weighted by Gasteiger charge is -2.34. The zero-order valence-electron chi connectivity index (χ0n) is 13.0. The first-order valence-electron chi connectivity index (χ1n) is 7.33. The number of hydrogen-bond donors (Lipinski definition) is 1. The third kappa shape index (κ3) is 4.70. The number of halogens is 1. The molecule has 0 spiro atoms. The first-order valence-corrected chi connectivity index (χ1v) is 7.33. The van der Waals surface area contributed by atoms with Crippen LogP contribution in [0.4, 0.5) is 0 Å². The SMILES string of the molecule is CCOc1ccc(C(C)=O)cc1CN1CCNC[C@@H]1C.Cl. The van der Waals surface area contributed by atoms with Crippen molar-refractivity contribution in [3.63, 3.8) is 0 Å². The van der Waals surface area contributed by atoms with Crippen LogP contribution in [0.25, 0.3) is 0 Å². The van der Waals surface area contributed by atoms with Crippen LogP contribution in [0.15, 0.2) is 18.2 Å². The summed E-state index contributed by atoms with van der Waals surface area (Å²) in [6, 6.07) is 6.24. The Hall–Kier alpha value is -1.10. The number of ketones is 1. The van der Waals surface area contributed by atoms with E-state index in [9.17, 15) is 4.79 Å². The fourth-order valence-corrected chi connectivity index (χ4v) is 2.56. The maximum Gasteiger partial charge on any atom is 0.159 e. The van der Waals surface area contributed by atoms with Gasteiger partial charge in [0.1, 0.15) is 5.75 Å². The molecule has 118 valence electrons. The Bertz CT molecular complexity index is 479. The highest BCUT2D eigenvalue weighted by atomic mass is 35.5. The van der Waals surface area contributed by atoms with E-state index in [1.807, 2.05) is 25.1 Å². The number of hydrogen-bond acceptors (Lipinski definition) is 4. The van der Waals surface area contributed by atoms with Gasteiger partial charge in [0.05, 0.1) is 6.61 Å². The topological polar surface area (TPSA) is 41.6 Å². The Morgan fingerprint density at radius 2 is 2.24 bits per heavy atom. The summed E-state index contributed by atoms with van der Waals surface area (Å²) < 4.78 is 5.69. The van der Waals surface area contributed by atoms with E-state index in [1.54, 1.807) is 6.92 Å². The Kier molecular flexibility index (Phi) is 7.15. The molecule has 0 aromatic heterocycles. The number of nitrogens with zero attached hydrogens (tertiary/aromatic N) is 1. The average molecular weight is 313 g/mol. The van der Waals surface area contributed by atoms with Crippen LogP contribution in [0.2, 0.25) is 0 Å². The molecule has 0 bridgehead atoms. The number of ether oxygens (including phenoxy) is 1. The summed E-state index contributed by atoms with van der Waals surface area (Å²) in [7, 11) is 0. The standard InChI is InChI=1S/C16H24N2O2.ClH/c1-4-20-16-6-5-14(13(3)19)9-15(16)11-18-8-7-17-10-12(18)2;/h5-6,9,12,17H,4,7-8,10-11H2,1-3H3;1H/t12-;/m0./s1. The zero-order valence-corrected chi connectivity index (χ0v) is 13.8. The summed E-state index contributed by atoms with van der Waals surface area (Å²) in [5.41, 5.74) is 1.86. The van der Waals surface area contributed by atoms with Crippen LogP contribution < -0.4 is 10.1 Å². The molecule has 4 nitrogen and oxygen atoms in total. The molecule has 0 radical (unpaired) electrons. The molecule has 0 unspecified atom stereocenters. The van der Waals surface area contributed by atoms with E-state index < -0.39 is 0 Å². The summed E-state index contributed by atoms with van der Waals surface area (Å²) in [5, 5.41) is 3.39. The predicted octanol–water partition coefficient (Wildman–Crippen LogP) is 2.50. The van der Waals surface area contributed by atoms with Gasteiger partial charge in [0.15, 0.2) is 5.78 Å². The van der Waals surface area contributed by atoms with Gasteiger partial charge in [-0.2, -0.15) is 0 Å². The molecule has 2 rings (SSSR count). The lowest BCUT2D eigenvalue weighted by Crippen LogP contribution is -2.49. The van der Waals surface area contributed by atoms with Crippen molar-refractivity contribution < 1.29 is 9.53 Å². The van der Waals surface area contributed by atoms with Gasteiger partial charge in [0, 0.05) is 43.3 Å². The number of carbonyl (C=O) groups is 1. The molecule has 1 fully saturated rings. The van der Waals surface area contributed by atoms with E-state index >= 15 is 0 Å². The van der Waals surface area contributed by atoms with Crippen molar-refractivity contribution in [1.29, 1.82) is 0 Å². The molecule has 1 aromatic carbocycles. The van der Waals surface area contributed by atoms with Crippen LogP contribution in [0.3, 0.4) is 0 Å². The van der Waals surface area contributed by atoms with Gasteiger partial charge in [-0.1, -0.05) is 0 Å². The second kappa shape index (κ2) is 8.37. The van der Waals surface area contributed by atoms with Gasteiger partial charge >= 0.3 is 0 Å². The van der Waals surface area contributed by atoms with E-state index in [0.717, 1.165) is 43.1 Å². The average Bonchev–Trinajstić information content (AvgIpc) is 2.43. The van der Waals surface area contributed by atoms with Gasteiger partial charge in [-0.15, -0.1) is 12.4 Å². The number of rotatable bonds is 5. The van der Waals surface area contributed by atoms with E-state index in [2.05, 4.69) is 17.1 Å². The molecule has 1 heterocycles. The van der Waals surface area contributed by atoms with Crippen molar-refractivity contribution in [2.24, 2.45) is 0 Å². The summed E-state index contributed by atoms with van der Waals surface area (Å²) in [6.07, 6.45) is 0. The summed E-state index contributed by atoms with van der Waals surface area (Å²) >= 11 is 0. The minimum Gasteiger partial charge on any atom is -0.494 e. The first kappa shape index (κ1) is 18.0. The minimum absolute atomic E-state index is 0. The number of nitrogens with one attached hydrogen (secondary N) is 1. The first-order chi connectivity index (χ1) is 9.61. The third-order valence-corrected chi connectivity index (χ3v) is 3.78. The molecule has 0 aliphatic carbocycles. The highest BCUT2D eigenvalue weighted by molar-refractivity contribution is 5.94. The fraction of sp³-hybridized carbons (Fsp3) is 0.562. The van der Waals surface area contributed by atoms with Crippen molar-refractivity contribution in [2.45, 2.75) is 33.4 Å². The molecular formula is C16H25ClN2O2. The Labute approximate surface area is 133 Å². The minimum atomic E-state index is 0. The lowest BCUT2D eigenvalue weighted by atomic mass is 10.1. The Morgan fingerprint density at radius 3 is 2.86 bits per heavy atom. The Morgan fingerprint density at radius 1 is 1.48 bits per heavy atom. The van der Waals surface area contributed by atoms with E-state index in [-0.39, 0.29) is 18.2 Å². The number of carbonyl (C=O) groups excluding carboxylic acids is 1. The van der Waals surface area contributed by atoms with Crippen molar-refractivity contribution in [2.75, 3.05) is 26.2 Å². The maximum atomic E-state index is 11.6. The zero-order chi connectivity index (χ0) is 14.5. The van der Waals surface area contributed by atoms with Gasteiger partial charge in [-0.25, -0.2) is 0 Å². The molecule has 1 aliphatic heterocycles. The predicted molar refractivity (Wildman–Crippen MR) is 87.6 cm³/mol. The molecule has 21 heavy (non-hydrogen) atoms.